The van der Waals surface area contributed by atoms with Crippen molar-refractivity contribution in [2.45, 2.75) is 40.3 Å². The summed E-state index contributed by atoms with van der Waals surface area (Å²) in [5, 5.41) is 4.23. The maximum atomic E-state index is 12.3. The van der Waals surface area contributed by atoms with E-state index in [1.165, 1.54) is 16.8 Å². The zero-order valence-electron chi connectivity index (χ0n) is 16.8. The Morgan fingerprint density at radius 2 is 1.93 bits per heavy atom. The molecule has 0 aliphatic carbocycles. The molecule has 3 aromatic rings. The highest BCUT2D eigenvalue weighted by Crippen LogP contribution is 2.29. The first-order chi connectivity index (χ1) is 14.3. The van der Waals surface area contributed by atoms with Gasteiger partial charge >= 0.3 is 11.9 Å². The lowest BCUT2D eigenvalue weighted by atomic mass is 10.2. The summed E-state index contributed by atoms with van der Waals surface area (Å²) in [5.41, 5.74) is 5.91. The minimum Gasteiger partial charge on any atom is -0.462 e. The number of carbonyl (C=O) groups is 2. The van der Waals surface area contributed by atoms with E-state index in [9.17, 15) is 14.4 Å². The van der Waals surface area contributed by atoms with Crippen LogP contribution in [-0.4, -0.2) is 38.3 Å². The molecule has 0 unspecified atom stereocenters. The van der Waals surface area contributed by atoms with Crippen molar-refractivity contribution in [3.8, 4) is 0 Å². The number of furan rings is 1. The maximum absolute atomic E-state index is 12.3. The van der Waals surface area contributed by atoms with Gasteiger partial charge in [0.15, 0.2) is 18.1 Å². The third-order valence-electron chi connectivity index (χ3n) is 4.13. The van der Waals surface area contributed by atoms with Gasteiger partial charge in [0, 0.05) is 12.6 Å². The van der Waals surface area contributed by atoms with E-state index in [0.717, 1.165) is 0 Å². The molecule has 2 N–H and O–H groups in total. The molecule has 0 saturated heterocycles. The van der Waals surface area contributed by atoms with Gasteiger partial charge in [-0.3, -0.25) is 4.79 Å². The van der Waals surface area contributed by atoms with Crippen LogP contribution in [0.4, 0.5) is 5.82 Å². The number of carbonyl (C=O) groups excluding carboxylic acids is 2. The predicted octanol–water partition coefficient (Wildman–Crippen LogP) is 1.61. The standard InChI is InChI=1S/C19H21N5O6/c1-4-8-24-13(25)7-6-11(23-24)18(26)29-9-12-21-16(20)15-14(19(27)28-5-2)10(3)30-17(15)22-12/h6-7H,4-5,8-9H2,1-3H3,(H2,20,21,22). The highest BCUT2D eigenvalue weighted by molar-refractivity contribution is 6.07. The number of esters is 2. The van der Waals surface area contributed by atoms with E-state index < -0.39 is 11.9 Å². The van der Waals surface area contributed by atoms with E-state index in [1.54, 1.807) is 13.8 Å². The highest BCUT2D eigenvalue weighted by atomic mass is 16.5. The van der Waals surface area contributed by atoms with Gasteiger partial charge in [0.25, 0.3) is 5.56 Å². The van der Waals surface area contributed by atoms with E-state index in [2.05, 4.69) is 15.1 Å². The fourth-order valence-corrected chi connectivity index (χ4v) is 2.83. The monoisotopic (exact) mass is 415 g/mol. The Bertz CT molecular complexity index is 1170. The highest BCUT2D eigenvalue weighted by Gasteiger charge is 2.24. The molecule has 0 spiro atoms. The van der Waals surface area contributed by atoms with Gasteiger partial charge in [0.2, 0.25) is 5.71 Å². The number of ether oxygens (including phenoxy) is 2. The Hall–Kier alpha value is -3.76. The topological polar surface area (TPSA) is 152 Å². The molecule has 0 radical (unpaired) electrons. The van der Waals surface area contributed by atoms with Crippen LogP contribution >= 0.6 is 0 Å². The quantitative estimate of drug-likeness (QED) is 0.563. The van der Waals surface area contributed by atoms with Crippen LogP contribution in [0.25, 0.3) is 11.1 Å². The van der Waals surface area contributed by atoms with Crippen LogP contribution < -0.4 is 11.3 Å². The predicted molar refractivity (Wildman–Crippen MR) is 105 cm³/mol. The van der Waals surface area contributed by atoms with Crippen LogP contribution in [0.15, 0.2) is 21.3 Å². The van der Waals surface area contributed by atoms with E-state index in [1.807, 2.05) is 6.92 Å². The second-order valence-corrected chi connectivity index (χ2v) is 6.32. The number of anilines is 1. The third kappa shape index (κ3) is 4.14. The van der Waals surface area contributed by atoms with Gasteiger partial charge < -0.3 is 19.6 Å². The first-order valence-corrected chi connectivity index (χ1v) is 9.33. The van der Waals surface area contributed by atoms with Gasteiger partial charge in [-0.15, -0.1) is 0 Å². The van der Waals surface area contributed by atoms with Crippen molar-refractivity contribution in [2.75, 3.05) is 12.3 Å². The molecule has 0 aromatic carbocycles. The molecule has 30 heavy (non-hydrogen) atoms. The maximum Gasteiger partial charge on any atom is 0.359 e. The number of hydrogen-bond donors (Lipinski definition) is 1. The second-order valence-electron chi connectivity index (χ2n) is 6.32. The summed E-state index contributed by atoms with van der Waals surface area (Å²) in [7, 11) is 0. The zero-order chi connectivity index (χ0) is 21.8. The van der Waals surface area contributed by atoms with E-state index in [4.69, 9.17) is 19.6 Å². The lowest BCUT2D eigenvalue weighted by Gasteiger charge is -2.07. The van der Waals surface area contributed by atoms with Crippen molar-refractivity contribution < 1.29 is 23.5 Å². The summed E-state index contributed by atoms with van der Waals surface area (Å²) in [5.74, 6) is -0.956. The SMILES string of the molecule is CCCn1nc(C(=O)OCc2nc(N)c3c(C(=O)OCC)c(C)oc3n2)ccc1=O. The average Bonchev–Trinajstić information content (AvgIpc) is 3.04. The Morgan fingerprint density at radius 1 is 1.17 bits per heavy atom. The van der Waals surface area contributed by atoms with Crippen LogP contribution in [0, 0.1) is 6.92 Å². The molecular formula is C19H21N5O6. The number of nitrogens with zero attached hydrogens (tertiary/aromatic N) is 4. The van der Waals surface area contributed by atoms with E-state index >= 15 is 0 Å². The Morgan fingerprint density at radius 3 is 2.63 bits per heavy atom. The minimum absolute atomic E-state index is 0.000530. The van der Waals surface area contributed by atoms with Gasteiger partial charge in [-0.1, -0.05) is 6.92 Å². The average molecular weight is 415 g/mol. The lowest BCUT2D eigenvalue weighted by molar-refractivity contribution is 0.0451. The van der Waals surface area contributed by atoms with E-state index in [-0.39, 0.29) is 52.8 Å². The number of aromatic nitrogens is 4. The lowest BCUT2D eigenvalue weighted by Crippen LogP contribution is -2.24. The summed E-state index contributed by atoms with van der Waals surface area (Å²) < 4.78 is 16.9. The summed E-state index contributed by atoms with van der Waals surface area (Å²) in [4.78, 5) is 44.4. The first kappa shape index (κ1) is 21.0. The van der Waals surface area contributed by atoms with E-state index in [0.29, 0.717) is 18.7 Å². The number of nitrogens with two attached hydrogens (primary N) is 1. The van der Waals surface area contributed by atoms with Crippen molar-refractivity contribution in [2.24, 2.45) is 0 Å². The van der Waals surface area contributed by atoms with Crippen molar-refractivity contribution in [1.82, 2.24) is 19.7 Å². The number of hydrogen-bond acceptors (Lipinski definition) is 10. The number of rotatable bonds is 7. The van der Waals surface area contributed by atoms with Crippen molar-refractivity contribution >= 4 is 28.9 Å². The Kier molecular flexibility index (Phi) is 6.09. The summed E-state index contributed by atoms with van der Waals surface area (Å²) in [6.45, 7) is 5.44. The van der Waals surface area contributed by atoms with Crippen LogP contribution in [0.2, 0.25) is 0 Å². The van der Waals surface area contributed by atoms with Gasteiger partial charge in [-0.05, 0) is 26.3 Å². The molecule has 0 aliphatic rings. The third-order valence-corrected chi connectivity index (χ3v) is 4.13. The van der Waals surface area contributed by atoms with Crippen molar-refractivity contribution in [1.29, 1.82) is 0 Å². The van der Waals surface area contributed by atoms with Crippen molar-refractivity contribution in [3.05, 3.63) is 45.3 Å². The molecule has 0 bridgehead atoms. The van der Waals surface area contributed by atoms with Gasteiger partial charge in [0.05, 0.1) is 12.0 Å². The smallest absolute Gasteiger partial charge is 0.359 e. The molecule has 0 aliphatic heterocycles. The molecule has 0 fully saturated rings. The Labute approximate surface area is 170 Å². The second kappa shape index (κ2) is 8.72. The molecule has 11 heteroatoms. The van der Waals surface area contributed by atoms with Crippen LogP contribution in [0.5, 0.6) is 0 Å². The van der Waals surface area contributed by atoms with Gasteiger partial charge in [-0.25, -0.2) is 19.3 Å². The summed E-state index contributed by atoms with van der Waals surface area (Å²) in [6, 6.07) is 2.54. The normalized spacial score (nSPS) is 10.9. The molecule has 3 aromatic heterocycles. The van der Waals surface area contributed by atoms with Gasteiger partial charge in [0.1, 0.15) is 17.1 Å². The van der Waals surface area contributed by atoms with Gasteiger partial charge in [-0.2, -0.15) is 10.1 Å². The number of fused-ring (bicyclic) bond motifs is 1. The molecule has 3 heterocycles. The van der Waals surface area contributed by atoms with Crippen LogP contribution in [0.3, 0.4) is 0 Å². The molecule has 158 valence electrons. The fraction of sp³-hybridized carbons (Fsp3) is 0.368. The summed E-state index contributed by atoms with van der Waals surface area (Å²) in [6.07, 6.45) is 0.689. The zero-order valence-corrected chi connectivity index (χ0v) is 16.8. The largest absolute Gasteiger partial charge is 0.462 e. The molecule has 0 saturated carbocycles. The van der Waals surface area contributed by atoms with Crippen LogP contribution in [0.1, 0.15) is 52.7 Å². The number of aryl methyl sites for hydroxylation is 2. The summed E-state index contributed by atoms with van der Waals surface area (Å²) >= 11 is 0. The van der Waals surface area contributed by atoms with Crippen molar-refractivity contribution in [3.63, 3.8) is 0 Å². The fourth-order valence-electron chi connectivity index (χ4n) is 2.83. The molecule has 0 atom stereocenters. The molecule has 0 amide bonds. The Balaban J connectivity index is 1.82. The van der Waals surface area contributed by atoms with Crippen LogP contribution in [-0.2, 0) is 22.6 Å². The minimum atomic E-state index is -0.745. The molecule has 11 nitrogen and oxygen atoms in total. The molecule has 3 rings (SSSR count). The number of nitrogen functional groups attached to an aromatic ring is 1. The molecular weight excluding hydrogens is 394 g/mol. The first-order valence-electron chi connectivity index (χ1n) is 9.33.